The molecule has 3 heteroatoms. The van der Waals surface area contributed by atoms with Gasteiger partial charge in [0.25, 0.3) is 0 Å². The zero-order valence-corrected chi connectivity index (χ0v) is 11.6. The van der Waals surface area contributed by atoms with Crippen molar-refractivity contribution in [2.24, 2.45) is 5.92 Å². The number of aryl methyl sites for hydroxylation is 2. The minimum Gasteiger partial charge on any atom is -0.481 e. The summed E-state index contributed by atoms with van der Waals surface area (Å²) in [5.41, 5.74) is 2.66. The number of rotatable bonds is 4. The number of hydrogen-bond acceptors (Lipinski definition) is 2. The Morgan fingerprint density at radius 2 is 1.50 bits per heavy atom. The average molecular weight is 250 g/mol. The smallest absolute Gasteiger partial charge is 0.306 e. The Bertz CT molecular complexity index is 358. The molecular formula is C15H22O3. The summed E-state index contributed by atoms with van der Waals surface area (Å²) in [4.78, 5) is 20.8. The first kappa shape index (κ1) is 16.4. The molecule has 1 N–H and O–H groups in total. The molecule has 0 aliphatic rings. The lowest BCUT2D eigenvalue weighted by molar-refractivity contribution is -0.143. The number of benzene rings is 1. The maximum Gasteiger partial charge on any atom is 0.306 e. The van der Waals surface area contributed by atoms with Crippen LogP contribution in [0.3, 0.4) is 0 Å². The van der Waals surface area contributed by atoms with Crippen LogP contribution < -0.4 is 0 Å². The number of aliphatic carboxylic acids is 1. The lowest BCUT2D eigenvalue weighted by atomic mass is 10.0. The van der Waals surface area contributed by atoms with Crippen molar-refractivity contribution >= 4 is 11.8 Å². The normalized spacial score (nSPS) is 11.1. The second-order valence-corrected chi connectivity index (χ2v) is 4.50. The van der Waals surface area contributed by atoms with E-state index in [1.165, 1.54) is 18.1 Å². The number of Topliss-reactive ketones (excluding diaryl/α,β-unsaturated/α-hetero) is 1. The van der Waals surface area contributed by atoms with E-state index in [0.29, 0.717) is 6.42 Å². The summed E-state index contributed by atoms with van der Waals surface area (Å²) in [7, 11) is 0. The van der Waals surface area contributed by atoms with Gasteiger partial charge in [0.2, 0.25) is 0 Å². The fourth-order valence-electron chi connectivity index (χ4n) is 1.39. The van der Waals surface area contributed by atoms with E-state index in [0.717, 1.165) is 0 Å². The minimum absolute atomic E-state index is 0.0609. The fourth-order valence-corrected chi connectivity index (χ4v) is 1.39. The molecule has 1 unspecified atom stereocenters. The third-order valence-corrected chi connectivity index (χ3v) is 2.59. The van der Waals surface area contributed by atoms with Gasteiger partial charge < -0.3 is 9.90 Å². The first-order chi connectivity index (χ1) is 8.36. The lowest BCUT2D eigenvalue weighted by Gasteiger charge is -2.04. The number of ketones is 1. The minimum atomic E-state index is -0.877. The highest BCUT2D eigenvalue weighted by Crippen LogP contribution is 2.07. The largest absolute Gasteiger partial charge is 0.481 e. The zero-order chi connectivity index (χ0) is 14.1. The number of hydrogen-bond donors (Lipinski definition) is 1. The second-order valence-electron chi connectivity index (χ2n) is 4.50. The van der Waals surface area contributed by atoms with Crippen molar-refractivity contribution in [1.82, 2.24) is 0 Å². The summed E-state index contributed by atoms with van der Waals surface area (Å²) in [6.45, 7) is 7.37. The van der Waals surface area contributed by atoms with Crippen molar-refractivity contribution in [3.8, 4) is 0 Å². The van der Waals surface area contributed by atoms with Crippen LogP contribution in [0.5, 0.6) is 0 Å². The molecule has 0 aromatic heterocycles. The number of carboxylic acids is 1. The van der Waals surface area contributed by atoms with Gasteiger partial charge in [-0.1, -0.05) is 42.3 Å². The van der Waals surface area contributed by atoms with E-state index in [-0.39, 0.29) is 12.2 Å². The van der Waals surface area contributed by atoms with Crippen molar-refractivity contribution in [3.63, 3.8) is 0 Å². The van der Waals surface area contributed by atoms with Crippen LogP contribution in [-0.2, 0) is 9.59 Å². The van der Waals surface area contributed by atoms with Crippen LogP contribution in [0.1, 0.15) is 37.8 Å². The quantitative estimate of drug-likeness (QED) is 0.891. The van der Waals surface area contributed by atoms with E-state index in [4.69, 9.17) is 5.11 Å². The van der Waals surface area contributed by atoms with Gasteiger partial charge in [-0.3, -0.25) is 4.79 Å². The molecule has 0 saturated carbocycles. The molecule has 1 aromatic rings. The molecule has 1 rings (SSSR count). The Kier molecular flexibility index (Phi) is 7.68. The van der Waals surface area contributed by atoms with Crippen molar-refractivity contribution < 1.29 is 14.7 Å². The Labute approximate surface area is 109 Å². The average Bonchev–Trinajstić information content (AvgIpc) is 2.30. The number of carboxylic acid groups (broad SMARTS) is 1. The predicted octanol–water partition coefficient (Wildman–Crippen LogP) is 3.38. The van der Waals surface area contributed by atoms with E-state index in [9.17, 15) is 9.59 Å². The predicted molar refractivity (Wildman–Crippen MR) is 72.6 cm³/mol. The molecule has 0 bridgehead atoms. The molecule has 0 aliphatic heterocycles. The van der Waals surface area contributed by atoms with Gasteiger partial charge in [0, 0.05) is 6.42 Å². The van der Waals surface area contributed by atoms with Gasteiger partial charge >= 0.3 is 5.97 Å². The Morgan fingerprint density at radius 3 is 1.67 bits per heavy atom. The first-order valence-corrected chi connectivity index (χ1v) is 6.12. The zero-order valence-electron chi connectivity index (χ0n) is 11.6. The molecule has 0 fully saturated rings. The van der Waals surface area contributed by atoms with Crippen molar-refractivity contribution in [2.45, 2.75) is 40.5 Å². The highest BCUT2D eigenvalue weighted by molar-refractivity contribution is 5.81. The highest BCUT2D eigenvalue weighted by atomic mass is 16.4. The van der Waals surface area contributed by atoms with E-state index >= 15 is 0 Å². The Hall–Kier alpha value is -1.64. The number of carbonyl (C=O) groups excluding carboxylic acids is 1. The van der Waals surface area contributed by atoms with Gasteiger partial charge in [0.15, 0.2) is 0 Å². The molecule has 1 aromatic carbocycles. The summed E-state index contributed by atoms with van der Waals surface area (Å²) in [5, 5.41) is 8.47. The molecule has 0 radical (unpaired) electrons. The van der Waals surface area contributed by atoms with Crippen molar-refractivity contribution in [1.29, 1.82) is 0 Å². The summed E-state index contributed by atoms with van der Waals surface area (Å²) in [5.74, 6) is -1.43. The Balaban J connectivity index is 0.000000327. The van der Waals surface area contributed by atoms with E-state index in [2.05, 4.69) is 38.1 Å². The third-order valence-electron chi connectivity index (χ3n) is 2.59. The summed E-state index contributed by atoms with van der Waals surface area (Å²) >= 11 is 0. The van der Waals surface area contributed by atoms with Gasteiger partial charge in [0.05, 0.1) is 5.92 Å². The van der Waals surface area contributed by atoms with Crippen molar-refractivity contribution in [3.05, 3.63) is 35.4 Å². The van der Waals surface area contributed by atoms with Crippen molar-refractivity contribution in [2.75, 3.05) is 0 Å². The van der Waals surface area contributed by atoms with Crippen LogP contribution in [0.4, 0.5) is 0 Å². The maximum absolute atomic E-state index is 10.5. The SMILES string of the molecule is CCC(CC(C)=O)C(=O)O.Cc1ccc(C)cc1. The van der Waals surface area contributed by atoms with E-state index in [1.807, 2.05) is 0 Å². The van der Waals surface area contributed by atoms with Crippen LogP contribution in [-0.4, -0.2) is 16.9 Å². The van der Waals surface area contributed by atoms with Crippen LogP contribution in [0.2, 0.25) is 0 Å². The fraction of sp³-hybridized carbons (Fsp3) is 0.467. The number of carbonyl (C=O) groups is 2. The standard InChI is InChI=1S/C8H10.C7H12O3/c1-7-3-5-8(2)6-4-7;1-3-6(7(9)10)4-5(2)8/h3-6H,1-2H3;6H,3-4H2,1-2H3,(H,9,10). The van der Waals surface area contributed by atoms with Crippen LogP contribution in [0.25, 0.3) is 0 Å². The molecule has 1 atom stereocenters. The summed E-state index contributed by atoms with van der Waals surface area (Å²) in [6.07, 6.45) is 0.681. The van der Waals surface area contributed by atoms with E-state index in [1.54, 1.807) is 6.92 Å². The topological polar surface area (TPSA) is 54.4 Å². The molecule has 0 spiro atoms. The summed E-state index contributed by atoms with van der Waals surface area (Å²) < 4.78 is 0. The highest BCUT2D eigenvalue weighted by Gasteiger charge is 2.16. The third kappa shape index (κ3) is 7.60. The second kappa shape index (κ2) is 8.45. The van der Waals surface area contributed by atoms with Gasteiger partial charge in [-0.25, -0.2) is 0 Å². The van der Waals surface area contributed by atoms with Gasteiger partial charge in [-0.05, 0) is 27.2 Å². The molecule has 3 nitrogen and oxygen atoms in total. The molecule has 0 aliphatic carbocycles. The van der Waals surface area contributed by atoms with Gasteiger partial charge in [-0.15, -0.1) is 0 Å². The molecular weight excluding hydrogens is 228 g/mol. The molecule has 0 heterocycles. The Morgan fingerprint density at radius 1 is 1.11 bits per heavy atom. The van der Waals surface area contributed by atoms with Crippen LogP contribution >= 0.6 is 0 Å². The lowest BCUT2D eigenvalue weighted by Crippen LogP contribution is -2.15. The molecule has 18 heavy (non-hydrogen) atoms. The van der Waals surface area contributed by atoms with E-state index < -0.39 is 11.9 Å². The molecule has 0 amide bonds. The molecule has 0 saturated heterocycles. The first-order valence-electron chi connectivity index (χ1n) is 6.12. The summed E-state index contributed by atoms with van der Waals surface area (Å²) in [6, 6.07) is 8.48. The molecule has 100 valence electrons. The maximum atomic E-state index is 10.5. The van der Waals surface area contributed by atoms with Gasteiger partial charge in [-0.2, -0.15) is 0 Å². The van der Waals surface area contributed by atoms with Crippen LogP contribution in [0, 0.1) is 19.8 Å². The monoisotopic (exact) mass is 250 g/mol. The van der Waals surface area contributed by atoms with Crippen LogP contribution in [0.15, 0.2) is 24.3 Å². The van der Waals surface area contributed by atoms with Gasteiger partial charge in [0.1, 0.15) is 5.78 Å².